The molecule has 5 heteroatoms. The monoisotopic (exact) mass is 316 g/mol. The summed E-state index contributed by atoms with van der Waals surface area (Å²) in [5.74, 6) is 0.783. The number of aryl methyl sites for hydroxylation is 1. The Balaban J connectivity index is 1.83. The second-order valence-corrected chi connectivity index (χ2v) is 5.73. The minimum Gasteiger partial charge on any atom is -0.486 e. The van der Waals surface area contributed by atoms with Gasteiger partial charge in [0.2, 0.25) is 5.91 Å². The van der Waals surface area contributed by atoms with Crippen molar-refractivity contribution in [2.24, 2.45) is 0 Å². The summed E-state index contributed by atoms with van der Waals surface area (Å²) in [4.78, 5) is 16.0. The summed E-state index contributed by atoms with van der Waals surface area (Å²) in [6, 6.07) is 8.06. The number of thiazole rings is 1. The van der Waals surface area contributed by atoms with Gasteiger partial charge in [-0.15, -0.1) is 17.9 Å². The molecule has 0 atom stereocenters. The van der Waals surface area contributed by atoms with Gasteiger partial charge in [0.05, 0.1) is 12.1 Å². The molecule has 0 spiro atoms. The van der Waals surface area contributed by atoms with E-state index in [-0.39, 0.29) is 12.3 Å². The third-order valence-corrected chi connectivity index (χ3v) is 3.95. The van der Waals surface area contributed by atoms with Gasteiger partial charge >= 0.3 is 0 Å². The second-order valence-electron chi connectivity index (χ2n) is 4.79. The van der Waals surface area contributed by atoms with Crippen LogP contribution in [0.5, 0.6) is 5.75 Å². The molecule has 1 aromatic heterocycles. The Labute approximate surface area is 134 Å². The third-order valence-electron chi connectivity index (χ3n) is 3.08. The summed E-state index contributed by atoms with van der Waals surface area (Å²) in [5.41, 5.74) is 2.06. The maximum Gasteiger partial charge on any atom is 0.226 e. The normalized spacial score (nSPS) is 10.2. The Bertz CT molecular complexity index is 620. The van der Waals surface area contributed by atoms with Crippen molar-refractivity contribution in [1.29, 1.82) is 0 Å². The van der Waals surface area contributed by atoms with Crippen LogP contribution in [-0.2, 0) is 24.2 Å². The number of hydrogen-bond donors (Lipinski definition) is 1. The van der Waals surface area contributed by atoms with Gasteiger partial charge in [0, 0.05) is 11.9 Å². The zero-order chi connectivity index (χ0) is 15.8. The van der Waals surface area contributed by atoms with Crippen molar-refractivity contribution in [3.8, 4) is 5.75 Å². The molecule has 0 radical (unpaired) electrons. The van der Waals surface area contributed by atoms with Crippen molar-refractivity contribution >= 4 is 17.2 Å². The van der Waals surface area contributed by atoms with E-state index in [1.54, 1.807) is 6.08 Å². The van der Waals surface area contributed by atoms with E-state index in [0.29, 0.717) is 13.2 Å². The topological polar surface area (TPSA) is 51.2 Å². The maximum absolute atomic E-state index is 11.6. The molecule has 1 N–H and O–H groups in total. The van der Waals surface area contributed by atoms with Gasteiger partial charge in [-0.25, -0.2) is 4.98 Å². The standard InChI is InChI=1S/C17H20N2O2S/c1-3-9-18-16(20)10-14-12-22-17(19-14)11-21-15-7-5-13(4-2)6-8-15/h3,5-8,12H,1,4,9-11H2,2H3,(H,18,20). The van der Waals surface area contributed by atoms with Crippen molar-refractivity contribution in [2.45, 2.75) is 26.4 Å². The Morgan fingerprint density at radius 1 is 1.41 bits per heavy atom. The summed E-state index contributed by atoms with van der Waals surface area (Å²) in [6.07, 6.45) is 2.96. The number of aromatic nitrogens is 1. The van der Waals surface area contributed by atoms with Crippen LogP contribution in [0.2, 0.25) is 0 Å². The molecule has 0 unspecified atom stereocenters. The van der Waals surface area contributed by atoms with Gasteiger partial charge in [-0.05, 0) is 24.1 Å². The van der Waals surface area contributed by atoms with Crippen LogP contribution in [0.1, 0.15) is 23.2 Å². The van der Waals surface area contributed by atoms with Crippen molar-refractivity contribution in [2.75, 3.05) is 6.54 Å². The first-order chi connectivity index (χ1) is 10.7. The number of nitrogens with zero attached hydrogens (tertiary/aromatic N) is 1. The highest BCUT2D eigenvalue weighted by Crippen LogP contribution is 2.16. The van der Waals surface area contributed by atoms with Crippen LogP contribution >= 0.6 is 11.3 Å². The van der Waals surface area contributed by atoms with Crippen LogP contribution in [0.3, 0.4) is 0 Å². The summed E-state index contributed by atoms with van der Waals surface area (Å²) in [6.45, 7) is 6.59. The lowest BCUT2D eigenvalue weighted by molar-refractivity contribution is -0.120. The van der Waals surface area contributed by atoms with Gasteiger partial charge in [0.1, 0.15) is 17.4 Å². The summed E-state index contributed by atoms with van der Waals surface area (Å²) in [5, 5.41) is 5.50. The van der Waals surface area contributed by atoms with Crippen LogP contribution in [-0.4, -0.2) is 17.4 Å². The van der Waals surface area contributed by atoms with E-state index in [0.717, 1.165) is 22.9 Å². The smallest absolute Gasteiger partial charge is 0.226 e. The average molecular weight is 316 g/mol. The van der Waals surface area contributed by atoms with Crippen LogP contribution in [0.4, 0.5) is 0 Å². The minimum absolute atomic E-state index is 0.0483. The fourth-order valence-electron chi connectivity index (χ4n) is 1.88. The van der Waals surface area contributed by atoms with Crippen molar-refractivity contribution < 1.29 is 9.53 Å². The van der Waals surface area contributed by atoms with Gasteiger partial charge in [0.15, 0.2) is 0 Å². The first-order valence-electron chi connectivity index (χ1n) is 7.24. The molecule has 1 heterocycles. The van der Waals surface area contributed by atoms with E-state index in [9.17, 15) is 4.79 Å². The van der Waals surface area contributed by atoms with E-state index < -0.39 is 0 Å². The van der Waals surface area contributed by atoms with Gasteiger partial charge in [-0.3, -0.25) is 4.79 Å². The van der Waals surface area contributed by atoms with E-state index in [1.165, 1.54) is 16.9 Å². The molecule has 0 aliphatic rings. The number of nitrogens with one attached hydrogen (secondary N) is 1. The fourth-order valence-corrected chi connectivity index (χ4v) is 2.58. The van der Waals surface area contributed by atoms with Gasteiger partial charge in [-0.2, -0.15) is 0 Å². The predicted molar refractivity (Wildman–Crippen MR) is 89.2 cm³/mol. The Hall–Kier alpha value is -2.14. The van der Waals surface area contributed by atoms with Gasteiger partial charge < -0.3 is 10.1 Å². The average Bonchev–Trinajstić information content (AvgIpc) is 2.99. The maximum atomic E-state index is 11.6. The molecule has 2 rings (SSSR count). The van der Waals surface area contributed by atoms with E-state index in [1.807, 2.05) is 17.5 Å². The van der Waals surface area contributed by atoms with Gasteiger partial charge in [-0.1, -0.05) is 25.1 Å². The molecule has 0 saturated heterocycles. The Morgan fingerprint density at radius 2 is 2.18 bits per heavy atom. The summed E-state index contributed by atoms with van der Waals surface area (Å²) in [7, 11) is 0. The number of carbonyl (C=O) groups excluding carboxylic acids is 1. The Kier molecular flexibility index (Phi) is 6.15. The number of benzene rings is 1. The molecule has 0 bridgehead atoms. The van der Waals surface area contributed by atoms with E-state index in [4.69, 9.17) is 4.74 Å². The summed E-state index contributed by atoms with van der Waals surface area (Å²) < 4.78 is 5.71. The number of carbonyl (C=O) groups is 1. The molecule has 0 aliphatic carbocycles. The van der Waals surface area contributed by atoms with Crippen molar-refractivity contribution in [3.63, 3.8) is 0 Å². The molecular formula is C17H20N2O2S. The first-order valence-corrected chi connectivity index (χ1v) is 8.12. The summed E-state index contributed by atoms with van der Waals surface area (Å²) >= 11 is 1.51. The minimum atomic E-state index is -0.0483. The number of hydrogen-bond acceptors (Lipinski definition) is 4. The second kappa shape index (κ2) is 8.34. The predicted octanol–water partition coefficient (Wildman–Crippen LogP) is 3.13. The lowest BCUT2D eigenvalue weighted by atomic mass is 10.2. The van der Waals surface area contributed by atoms with Crippen molar-refractivity contribution in [3.05, 3.63) is 58.6 Å². The lowest BCUT2D eigenvalue weighted by Gasteiger charge is -2.04. The molecule has 2 aromatic rings. The SMILES string of the molecule is C=CCNC(=O)Cc1csc(COc2ccc(CC)cc2)n1. The number of rotatable bonds is 8. The van der Waals surface area contributed by atoms with Crippen molar-refractivity contribution in [1.82, 2.24) is 10.3 Å². The highest BCUT2D eigenvalue weighted by molar-refractivity contribution is 7.09. The largest absolute Gasteiger partial charge is 0.486 e. The molecule has 1 amide bonds. The van der Waals surface area contributed by atoms with Crippen LogP contribution < -0.4 is 10.1 Å². The number of ether oxygens (including phenoxy) is 1. The third kappa shape index (κ3) is 5.00. The molecular weight excluding hydrogens is 296 g/mol. The molecule has 22 heavy (non-hydrogen) atoms. The van der Waals surface area contributed by atoms with Crippen LogP contribution in [0, 0.1) is 0 Å². The quantitative estimate of drug-likeness (QED) is 0.761. The Morgan fingerprint density at radius 3 is 2.86 bits per heavy atom. The van der Waals surface area contributed by atoms with E-state index >= 15 is 0 Å². The van der Waals surface area contributed by atoms with Crippen LogP contribution in [0.15, 0.2) is 42.3 Å². The molecule has 4 nitrogen and oxygen atoms in total. The molecule has 0 aliphatic heterocycles. The highest BCUT2D eigenvalue weighted by atomic mass is 32.1. The van der Waals surface area contributed by atoms with Crippen LogP contribution in [0.25, 0.3) is 0 Å². The molecule has 0 saturated carbocycles. The highest BCUT2D eigenvalue weighted by Gasteiger charge is 2.07. The molecule has 116 valence electrons. The molecule has 1 aromatic carbocycles. The first kappa shape index (κ1) is 16.2. The molecule has 0 fully saturated rings. The lowest BCUT2D eigenvalue weighted by Crippen LogP contribution is -2.25. The van der Waals surface area contributed by atoms with Gasteiger partial charge in [0.25, 0.3) is 0 Å². The van der Waals surface area contributed by atoms with E-state index in [2.05, 4.69) is 35.9 Å². The fraction of sp³-hybridized carbons (Fsp3) is 0.294. The number of amides is 1. The zero-order valence-corrected chi connectivity index (χ0v) is 13.5. The zero-order valence-electron chi connectivity index (χ0n) is 12.7.